The maximum absolute atomic E-state index is 11.2. The Hall–Kier alpha value is -0.0700. The van der Waals surface area contributed by atoms with E-state index >= 15 is 0 Å². The Morgan fingerprint density at radius 1 is 1.60 bits per heavy atom. The second-order valence-corrected chi connectivity index (χ2v) is 5.51. The van der Waals surface area contributed by atoms with Crippen molar-refractivity contribution < 1.29 is 9.46 Å². The zero-order valence-corrected chi connectivity index (χ0v) is 7.64. The molecule has 1 atom stereocenters. The van der Waals surface area contributed by atoms with Gasteiger partial charge < -0.3 is 4.89 Å². The molecule has 0 heterocycles. The summed E-state index contributed by atoms with van der Waals surface area (Å²) in [5.74, 6) is 0. The summed E-state index contributed by atoms with van der Waals surface area (Å²) in [5, 5.41) is 0. The molecule has 0 spiro atoms. The lowest BCUT2D eigenvalue weighted by Crippen LogP contribution is -1.99. The summed E-state index contributed by atoms with van der Waals surface area (Å²) < 4.78 is 11.2. The Morgan fingerprint density at radius 3 is 2.40 bits per heavy atom. The quantitative estimate of drug-likeness (QED) is 0.510. The Morgan fingerprint density at radius 2 is 2.10 bits per heavy atom. The average Bonchev–Trinajstić information content (AvgIpc) is 1.84. The van der Waals surface area contributed by atoms with Crippen LogP contribution >= 0.6 is 7.37 Å². The van der Waals surface area contributed by atoms with Crippen LogP contribution in [0.1, 0.15) is 20.8 Å². The smallest absolute Gasteiger partial charge is 0.206 e. The lowest BCUT2D eigenvalue weighted by molar-refractivity contribution is 0.472. The summed E-state index contributed by atoms with van der Waals surface area (Å²) in [4.78, 5) is 9.23. The molecule has 0 aromatic carbocycles. The minimum absolute atomic E-state index is 0.122. The largest absolute Gasteiger partial charge is 0.344 e. The molecule has 0 aliphatic heterocycles. The van der Waals surface area contributed by atoms with E-state index in [-0.39, 0.29) is 5.66 Å². The lowest BCUT2D eigenvalue weighted by Gasteiger charge is -2.12. The average molecular weight is 162 g/mol. The molecule has 3 heteroatoms. The molecule has 0 saturated heterocycles. The van der Waals surface area contributed by atoms with Gasteiger partial charge in [-0.2, -0.15) is 0 Å². The first kappa shape index (κ1) is 9.93. The minimum Gasteiger partial charge on any atom is -0.344 e. The predicted octanol–water partition coefficient (Wildman–Crippen LogP) is 2.24. The van der Waals surface area contributed by atoms with Crippen LogP contribution < -0.4 is 0 Å². The third kappa shape index (κ3) is 3.19. The highest BCUT2D eigenvalue weighted by molar-refractivity contribution is 7.58. The van der Waals surface area contributed by atoms with E-state index in [0.717, 1.165) is 0 Å². The van der Waals surface area contributed by atoms with Gasteiger partial charge in [0.05, 0.1) is 0 Å². The van der Waals surface area contributed by atoms with Gasteiger partial charge in [-0.15, -0.1) is 0 Å². The molecule has 0 aliphatic carbocycles. The molecule has 0 aromatic rings. The van der Waals surface area contributed by atoms with Crippen molar-refractivity contribution in [1.82, 2.24) is 0 Å². The molecule has 0 aliphatic rings. The first-order chi connectivity index (χ1) is 4.50. The van der Waals surface area contributed by atoms with E-state index in [1.165, 1.54) is 0 Å². The van der Waals surface area contributed by atoms with Crippen molar-refractivity contribution >= 4 is 7.37 Å². The van der Waals surface area contributed by atoms with Gasteiger partial charge in [0.15, 0.2) is 0 Å². The molecule has 10 heavy (non-hydrogen) atoms. The topological polar surface area (TPSA) is 37.3 Å². The van der Waals surface area contributed by atoms with Gasteiger partial charge in [-0.1, -0.05) is 26.0 Å². The second-order valence-electron chi connectivity index (χ2n) is 2.60. The SMILES string of the molecule is CC=CCP(=O)(O)C(C)C. The standard InChI is InChI=1S/C7H15O2P/c1-4-5-6-10(8,9)7(2)3/h4-5,7H,6H2,1-3H3,(H,8,9). The van der Waals surface area contributed by atoms with Crippen LogP contribution in [0.3, 0.4) is 0 Å². The van der Waals surface area contributed by atoms with Crippen molar-refractivity contribution in [2.75, 3.05) is 6.16 Å². The first-order valence-corrected chi connectivity index (χ1v) is 5.34. The van der Waals surface area contributed by atoms with E-state index in [1.54, 1.807) is 26.0 Å². The third-order valence-corrected chi connectivity index (χ3v) is 3.76. The third-order valence-electron chi connectivity index (χ3n) is 1.41. The van der Waals surface area contributed by atoms with Crippen molar-refractivity contribution in [2.45, 2.75) is 26.4 Å². The molecule has 0 aromatic heterocycles. The van der Waals surface area contributed by atoms with Gasteiger partial charge in [0.1, 0.15) is 0 Å². The summed E-state index contributed by atoms with van der Waals surface area (Å²) in [6, 6.07) is 0. The van der Waals surface area contributed by atoms with Crippen molar-refractivity contribution in [3.05, 3.63) is 12.2 Å². The van der Waals surface area contributed by atoms with Crippen LogP contribution in [0, 0.1) is 0 Å². The summed E-state index contributed by atoms with van der Waals surface area (Å²) in [6.45, 7) is 5.38. The molecule has 0 rings (SSSR count). The van der Waals surface area contributed by atoms with Crippen LogP contribution in [-0.2, 0) is 4.57 Å². The summed E-state index contributed by atoms with van der Waals surface area (Å²) >= 11 is 0. The Balaban J connectivity index is 4.01. The highest BCUT2D eigenvalue weighted by Crippen LogP contribution is 2.45. The van der Waals surface area contributed by atoms with Crippen LogP contribution in [-0.4, -0.2) is 16.7 Å². The molecule has 0 amide bonds. The van der Waals surface area contributed by atoms with Gasteiger partial charge in [0.25, 0.3) is 0 Å². The number of rotatable bonds is 3. The fraction of sp³-hybridized carbons (Fsp3) is 0.714. The molecule has 0 saturated carbocycles. The predicted molar refractivity (Wildman–Crippen MR) is 44.6 cm³/mol. The molecule has 1 N–H and O–H groups in total. The number of allylic oxidation sites excluding steroid dienone is 2. The zero-order valence-electron chi connectivity index (χ0n) is 6.74. The Labute approximate surface area is 62.4 Å². The van der Waals surface area contributed by atoms with Crippen LogP contribution in [0.2, 0.25) is 0 Å². The second kappa shape index (κ2) is 3.95. The molecule has 2 nitrogen and oxygen atoms in total. The molecule has 0 bridgehead atoms. The minimum atomic E-state index is -2.87. The van der Waals surface area contributed by atoms with Gasteiger partial charge >= 0.3 is 0 Å². The Bertz CT molecular complexity index is 161. The van der Waals surface area contributed by atoms with E-state index in [9.17, 15) is 9.46 Å². The number of hydrogen-bond donors (Lipinski definition) is 1. The Kier molecular flexibility index (Phi) is 3.92. The van der Waals surface area contributed by atoms with E-state index in [0.29, 0.717) is 6.16 Å². The molecular weight excluding hydrogens is 147 g/mol. The number of hydrogen-bond acceptors (Lipinski definition) is 1. The highest BCUT2D eigenvalue weighted by atomic mass is 31.2. The van der Waals surface area contributed by atoms with E-state index < -0.39 is 7.37 Å². The van der Waals surface area contributed by atoms with Gasteiger partial charge in [0, 0.05) is 11.8 Å². The van der Waals surface area contributed by atoms with Crippen LogP contribution in [0.25, 0.3) is 0 Å². The summed E-state index contributed by atoms with van der Waals surface area (Å²) in [5.41, 5.74) is -0.122. The monoisotopic (exact) mass is 162 g/mol. The molecule has 60 valence electrons. The van der Waals surface area contributed by atoms with Crippen LogP contribution in [0.4, 0.5) is 0 Å². The highest BCUT2D eigenvalue weighted by Gasteiger charge is 2.20. The fourth-order valence-corrected chi connectivity index (χ4v) is 1.40. The summed E-state index contributed by atoms with van der Waals surface area (Å²) in [7, 11) is -2.87. The van der Waals surface area contributed by atoms with Crippen molar-refractivity contribution in [3.8, 4) is 0 Å². The van der Waals surface area contributed by atoms with E-state index in [2.05, 4.69) is 0 Å². The molecule has 1 unspecified atom stereocenters. The van der Waals surface area contributed by atoms with Gasteiger partial charge in [0.2, 0.25) is 7.37 Å². The van der Waals surface area contributed by atoms with Crippen molar-refractivity contribution in [3.63, 3.8) is 0 Å². The van der Waals surface area contributed by atoms with E-state index in [4.69, 9.17) is 0 Å². The maximum atomic E-state index is 11.2. The summed E-state index contributed by atoms with van der Waals surface area (Å²) in [6.07, 6.45) is 3.84. The van der Waals surface area contributed by atoms with Gasteiger partial charge in [-0.3, -0.25) is 4.57 Å². The van der Waals surface area contributed by atoms with Gasteiger partial charge in [-0.25, -0.2) is 0 Å². The van der Waals surface area contributed by atoms with E-state index in [1.807, 2.05) is 6.92 Å². The molecule has 0 fully saturated rings. The lowest BCUT2D eigenvalue weighted by atomic mass is 10.6. The zero-order chi connectivity index (χ0) is 8.20. The van der Waals surface area contributed by atoms with Crippen LogP contribution in [0.15, 0.2) is 12.2 Å². The van der Waals surface area contributed by atoms with Crippen molar-refractivity contribution in [1.29, 1.82) is 0 Å². The molecular formula is C7H15O2P. The van der Waals surface area contributed by atoms with Gasteiger partial charge in [-0.05, 0) is 6.92 Å². The first-order valence-electron chi connectivity index (χ1n) is 3.43. The van der Waals surface area contributed by atoms with Crippen molar-refractivity contribution in [2.24, 2.45) is 0 Å². The normalized spacial score (nSPS) is 18.1. The fourth-order valence-electron chi connectivity index (χ4n) is 0.467. The molecule has 0 radical (unpaired) electrons. The van der Waals surface area contributed by atoms with Crippen LogP contribution in [0.5, 0.6) is 0 Å². The maximum Gasteiger partial charge on any atom is 0.206 e.